The fraction of sp³-hybridized carbons (Fsp3) is 0.304. The molecule has 1 aliphatic carbocycles. The Hall–Kier alpha value is -3.48. The largest absolute Gasteiger partial charge is 0.346 e. The number of nitrogens with one attached hydrogen (secondary N) is 2. The van der Waals surface area contributed by atoms with Crippen LogP contribution in [0.1, 0.15) is 35.7 Å². The number of amides is 2. The molecular formula is C23H23N5O2. The molecule has 0 saturated heterocycles. The van der Waals surface area contributed by atoms with E-state index in [1.807, 2.05) is 23.2 Å². The molecule has 2 aliphatic rings. The van der Waals surface area contributed by atoms with Gasteiger partial charge in [0, 0.05) is 48.5 Å². The molecule has 7 heteroatoms. The van der Waals surface area contributed by atoms with Crippen LogP contribution in [0.5, 0.6) is 0 Å². The van der Waals surface area contributed by atoms with Gasteiger partial charge in [-0.05, 0) is 54.2 Å². The van der Waals surface area contributed by atoms with Crippen LogP contribution in [0.3, 0.4) is 0 Å². The first kappa shape index (κ1) is 18.5. The van der Waals surface area contributed by atoms with Gasteiger partial charge in [0.2, 0.25) is 5.91 Å². The number of pyridine rings is 2. The fourth-order valence-corrected chi connectivity index (χ4v) is 4.05. The summed E-state index contributed by atoms with van der Waals surface area (Å²) in [7, 11) is 0. The molecule has 3 aromatic heterocycles. The van der Waals surface area contributed by atoms with E-state index in [1.165, 1.54) is 5.57 Å². The molecule has 0 aromatic carbocycles. The molecule has 1 atom stereocenters. The standard InChI is InChI=1S/C23H23N5O2/c1-14-13-28(23(30)16-4-8-24-9-5-16)11-7-17(14)19-12-20(27-22(29)15-2-3-15)26-21-18(19)6-10-25-21/h4-10,12,14-15H,2-3,11,13H2,1H3,(H2,25,26,27,29). The fourth-order valence-electron chi connectivity index (χ4n) is 4.05. The van der Waals surface area contributed by atoms with E-state index in [0.717, 1.165) is 29.4 Å². The lowest BCUT2D eigenvalue weighted by molar-refractivity contribution is -0.117. The van der Waals surface area contributed by atoms with Crippen molar-refractivity contribution in [3.8, 4) is 0 Å². The van der Waals surface area contributed by atoms with Gasteiger partial charge in [-0.15, -0.1) is 0 Å². The van der Waals surface area contributed by atoms with Crippen LogP contribution >= 0.6 is 0 Å². The number of aromatic amines is 1. The molecule has 0 spiro atoms. The molecule has 0 radical (unpaired) electrons. The van der Waals surface area contributed by atoms with Gasteiger partial charge in [0.15, 0.2) is 0 Å². The van der Waals surface area contributed by atoms with Crippen molar-refractivity contribution in [2.45, 2.75) is 19.8 Å². The first-order valence-electron chi connectivity index (χ1n) is 10.3. The molecule has 4 heterocycles. The minimum atomic E-state index is 0.0125. The average molecular weight is 401 g/mol. The van der Waals surface area contributed by atoms with Crippen molar-refractivity contribution in [2.75, 3.05) is 18.4 Å². The highest BCUT2D eigenvalue weighted by molar-refractivity contribution is 5.98. The highest BCUT2D eigenvalue weighted by Gasteiger charge is 2.30. The molecule has 1 unspecified atom stereocenters. The zero-order valence-corrected chi connectivity index (χ0v) is 16.8. The molecule has 7 nitrogen and oxygen atoms in total. The zero-order valence-electron chi connectivity index (χ0n) is 16.8. The number of anilines is 1. The Bertz CT molecular complexity index is 1150. The summed E-state index contributed by atoms with van der Waals surface area (Å²) in [6.45, 7) is 3.29. The van der Waals surface area contributed by atoms with Gasteiger partial charge < -0.3 is 15.2 Å². The van der Waals surface area contributed by atoms with E-state index in [9.17, 15) is 9.59 Å². The molecule has 3 aromatic rings. The van der Waals surface area contributed by atoms with E-state index >= 15 is 0 Å². The lowest BCUT2D eigenvalue weighted by Gasteiger charge is -2.31. The van der Waals surface area contributed by atoms with Crippen molar-refractivity contribution in [3.05, 3.63) is 60.1 Å². The third-order valence-corrected chi connectivity index (χ3v) is 5.81. The van der Waals surface area contributed by atoms with Crippen molar-refractivity contribution in [2.24, 2.45) is 11.8 Å². The molecule has 2 amide bonds. The van der Waals surface area contributed by atoms with Crippen molar-refractivity contribution in [3.63, 3.8) is 0 Å². The van der Waals surface area contributed by atoms with E-state index in [2.05, 4.69) is 33.3 Å². The third kappa shape index (κ3) is 3.47. The lowest BCUT2D eigenvalue weighted by Crippen LogP contribution is -2.38. The van der Waals surface area contributed by atoms with Crippen molar-refractivity contribution in [1.82, 2.24) is 19.9 Å². The SMILES string of the molecule is CC1CN(C(=O)c2ccncc2)CC=C1c1cc(NC(=O)C2CC2)nc2[nH]ccc12. The molecule has 1 aliphatic heterocycles. The lowest BCUT2D eigenvalue weighted by atomic mass is 9.89. The van der Waals surface area contributed by atoms with Gasteiger partial charge in [-0.25, -0.2) is 4.98 Å². The summed E-state index contributed by atoms with van der Waals surface area (Å²) in [4.78, 5) is 38.6. The average Bonchev–Trinajstić information content (AvgIpc) is 3.51. The molecule has 1 saturated carbocycles. The predicted octanol–water partition coefficient (Wildman–Crippen LogP) is 3.48. The van der Waals surface area contributed by atoms with Crippen LogP contribution in [0, 0.1) is 11.8 Å². The smallest absolute Gasteiger partial charge is 0.254 e. The second-order valence-electron chi connectivity index (χ2n) is 8.07. The van der Waals surface area contributed by atoms with E-state index < -0.39 is 0 Å². The van der Waals surface area contributed by atoms with E-state index in [1.54, 1.807) is 24.5 Å². The highest BCUT2D eigenvalue weighted by atomic mass is 16.2. The Morgan fingerprint density at radius 3 is 2.73 bits per heavy atom. The Kier molecular flexibility index (Phi) is 4.58. The molecule has 152 valence electrons. The maximum atomic E-state index is 12.8. The van der Waals surface area contributed by atoms with Crippen LogP contribution in [0.25, 0.3) is 16.6 Å². The monoisotopic (exact) mass is 401 g/mol. The molecule has 0 bridgehead atoms. The highest BCUT2D eigenvalue weighted by Crippen LogP contribution is 2.35. The molecular weight excluding hydrogens is 378 g/mol. The summed E-state index contributed by atoms with van der Waals surface area (Å²) in [5, 5.41) is 3.98. The number of rotatable bonds is 4. The van der Waals surface area contributed by atoms with E-state index in [-0.39, 0.29) is 23.7 Å². The first-order chi connectivity index (χ1) is 14.6. The number of hydrogen-bond donors (Lipinski definition) is 2. The van der Waals surface area contributed by atoms with Crippen LogP contribution in [-0.2, 0) is 4.79 Å². The minimum Gasteiger partial charge on any atom is -0.346 e. The zero-order chi connectivity index (χ0) is 20.7. The summed E-state index contributed by atoms with van der Waals surface area (Å²) in [6, 6.07) is 7.45. The second-order valence-corrected chi connectivity index (χ2v) is 8.07. The second kappa shape index (κ2) is 7.40. The minimum absolute atomic E-state index is 0.0125. The summed E-state index contributed by atoms with van der Waals surface area (Å²) >= 11 is 0. The number of nitrogens with zero attached hydrogens (tertiary/aromatic N) is 3. The number of aromatic nitrogens is 3. The van der Waals surface area contributed by atoms with Crippen molar-refractivity contribution >= 4 is 34.2 Å². The van der Waals surface area contributed by atoms with Gasteiger partial charge in [-0.2, -0.15) is 0 Å². The predicted molar refractivity (Wildman–Crippen MR) is 115 cm³/mol. The van der Waals surface area contributed by atoms with Crippen LogP contribution < -0.4 is 5.32 Å². The number of fused-ring (bicyclic) bond motifs is 1. The molecule has 5 rings (SSSR count). The van der Waals surface area contributed by atoms with Crippen LogP contribution in [0.2, 0.25) is 0 Å². The Balaban J connectivity index is 1.44. The van der Waals surface area contributed by atoms with Gasteiger partial charge >= 0.3 is 0 Å². The molecule has 30 heavy (non-hydrogen) atoms. The maximum absolute atomic E-state index is 12.8. The van der Waals surface area contributed by atoms with Crippen LogP contribution in [0.15, 0.2) is 48.9 Å². The first-order valence-corrected chi connectivity index (χ1v) is 10.3. The van der Waals surface area contributed by atoms with Crippen LogP contribution in [-0.4, -0.2) is 44.8 Å². The number of carbonyl (C=O) groups excluding carboxylic acids is 2. The molecule has 2 N–H and O–H groups in total. The Morgan fingerprint density at radius 2 is 2.00 bits per heavy atom. The Morgan fingerprint density at radius 1 is 1.20 bits per heavy atom. The summed E-state index contributed by atoms with van der Waals surface area (Å²) in [5.74, 6) is 0.894. The van der Waals surface area contributed by atoms with E-state index in [4.69, 9.17) is 0 Å². The summed E-state index contributed by atoms with van der Waals surface area (Å²) < 4.78 is 0. The van der Waals surface area contributed by atoms with Gasteiger partial charge in [0.05, 0.1) is 0 Å². The Labute approximate surface area is 174 Å². The van der Waals surface area contributed by atoms with Gasteiger partial charge in [-0.1, -0.05) is 13.0 Å². The van der Waals surface area contributed by atoms with Crippen molar-refractivity contribution in [1.29, 1.82) is 0 Å². The van der Waals surface area contributed by atoms with Gasteiger partial charge in [-0.3, -0.25) is 14.6 Å². The quantitative estimate of drug-likeness (QED) is 0.700. The summed E-state index contributed by atoms with van der Waals surface area (Å²) in [5.41, 5.74) is 3.62. The normalized spacial score (nSPS) is 18.9. The topological polar surface area (TPSA) is 91.0 Å². The maximum Gasteiger partial charge on any atom is 0.254 e. The number of H-pyrrole nitrogens is 1. The van der Waals surface area contributed by atoms with Gasteiger partial charge in [0.1, 0.15) is 11.5 Å². The number of carbonyl (C=O) groups is 2. The van der Waals surface area contributed by atoms with E-state index in [0.29, 0.717) is 24.5 Å². The summed E-state index contributed by atoms with van der Waals surface area (Å²) in [6.07, 6.45) is 9.15. The molecule has 1 fully saturated rings. The van der Waals surface area contributed by atoms with Crippen LogP contribution in [0.4, 0.5) is 5.82 Å². The third-order valence-electron chi connectivity index (χ3n) is 5.81. The van der Waals surface area contributed by atoms with Gasteiger partial charge in [0.25, 0.3) is 5.91 Å². The number of hydrogen-bond acceptors (Lipinski definition) is 4. The van der Waals surface area contributed by atoms with Crippen molar-refractivity contribution < 1.29 is 9.59 Å².